The lowest BCUT2D eigenvalue weighted by Gasteiger charge is -2.34. The van der Waals surface area contributed by atoms with Crippen LogP contribution in [-0.4, -0.2) is 35.3 Å². The molecule has 1 aliphatic heterocycles. The minimum Gasteiger partial charge on any atom is -0.469 e. The van der Waals surface area contributed by atoms with Crippen molar-refractivity contribution in [3.05, 3.63) is 48.3 Å². The number of aromatic nitrogens is 2. The summed E-state index contributed by atoms with van der Waals surface area (Å²) in [5, 5.41) is 4.32. The highest BCUT2D eigenvalue weighted by atomic mass is 16.5. The number of methoxy groups -OCH3 is 1. The fraction of sp³-hybridized carbons (Fsp3) is 0.389. The second kappa shape index (κ2) is 7.29. The van der Waals surface area contributed by atoms with E-state index in [0.29, 0.717) is 19.4 Å². The SMILES string of the molecule is COC(=O)CCCC(=O)N1C[C@@H](n2cccn2)Cc2ccccc21. The molecule has 126 valence electrons. The van der Waals surface area contributed by atoms with Gasteiger partial charge in [0.05, 0.1) is 13.2 Å². The smallest absolute Gasteiger partial charge is 0.305 e. The molecule has 0 radical (unpaired) electrons. The fourth-order valence-corrected chi connectivity index (χ4v) is 3.11. The molecule has 3 rings (SSSR count). The number of anilines is 1. The topological polar surface area (TPSA) is 64.4 Å². The van der Waals surface area contributed by atoms with Crippen LogP contribution in [0.15, 0.2) is 42.7 Å². The predicted molar refractivity (Wildman–Crippen MR) is 89.6 cm³/mol. The Labute approximate surface area is 141 Å². The minimum atomic E-state index is -0.281. The number of hydrogen-bond donors (Lipinski definition) is 0. The van der Waals surface area contributed by atoms with Gasteiger partial charge in [0, 0.05) is 37.5 Å². The van der Waals surface area contributed by atoms with Crippen molar-refractivity contribution in [3.8, 4) is 0 Å². The third-order valence-corrected chi connectivity index (χ3v) is 4.33. The molecule has 24 heavy (non-hydrogen) atoms. The summed E-state index contributed by atoms with van der Waals surface area (Å²) in [6.07, 6.45) is 5.62. The molecule has 0 N–H and O–H groups in total. The average molecular weight is 327 g/mol. The number of ether oxygens (including phenoxy) is 1. The first kappa shape index (κ1) is 16.2. The first-order valence-corrected chi connectivity index (χ1v) is 8.13. The predicted octanol–water partition coefficient (Wildman–Crippen LogP) is 2.36. The van der Waals surface area contributed by atoms with Gasteiger partial charge < -0.3 is 9.64 Å². The molecule has 2 heterocycles. The zero-order valence-corrected chi connectivity index (χ0v) is 13.7. The van der Waals surface area contributed by atoms with Gasteiger partial charge in [0.2, 0.25) is 5.91 Å². The zero-order chi connectivity index (χ0) is 16.9. The summed E-state index contributed by atoms with van der Waals surface area (Å²) in [6.45, 7) is 0.593. The first-order chi connectivity index (χ1) is 11.7. The summed E-state index contributed by atoms with van der Waals surface area (Å²) in [6, 6.07) is 9.99. The van der Waals surface area contributed by atoms with Crippen LogP contribution < -0.4 is 4.90 Å². The molecule has 0 aliphatic carbocycles. The van der Waals surface area contributed by atoms with E-state index in [4.69, 9.17) is 0 Å². The largest absolute Gasteiger partial charge is 0.469 e. The first-order valence-electron chi connectivity index (χ1n) is 8.13. The van der Waals surface area contributed by atoms with Crippen molar-refractivity contribution in [1.82, 2.24) is 9.78 Å². The number of nitrogens with zero attached hydrogens (tertiary/aromatic N) is 3. The molecule has 2 aromatic rings. The average Bonchev–Trinajstić information content (AvgIpc) is 3.15. The molecule has 1 aromatic carbocycles. The Hall–Kier alpha value is -2.63. The van der Waals surface area contributed by atoms with Crippen molar-refractivity contribution in [2.45, 2.75) is 31.7 Å². The molecular formula is C18H21N3O3. The van der Waals surface area contributed by atoms with E-state index in [1.807, 2.05) is 40.0 Å². The molecule has 1 aliphatic rings. The van der Waals surface area contributed by atoms with Gasteiger partial charge in [-0.3, -0.25) is 14.3 Å². The van der Waals surface area contributed by atoms with Gasteiger partial charge in [-0.25, -0.2) is 0 Å². The molecule has 0 unspecified atom stereocenters. The van der Waals surface area contributed by atoms with Gasteiger partial charge in [0.1, 0.15) is 0 Å². The van der Waals surface area contributed by atoms with E-state index in [2.05, 4.69) is 15.9 Å². The Morgan fingerprint density at radius 2 is 2.08 bits per heavy atom. The minimum absolute atomic E-state index is 0.0307. The summed E-state index contributed by atoms with van der Waals surface area (Å²) in [4.78, 5) is 25.7. The summed E-state index contributed by atoms with van der Waals surface area (Å²) < 4.78 is 6.53. The van der Waals surface area contributed by atoms with Gasteiger partial charge in [-0.15, -0.1) is 0 Å². The molecule has 6 nitrogen and oxygen atoms in total. The van der Waals surface area contributed by atoms with E-state index in [1.54, 1.807) is 6.20 Å². The van der Waals surface area contributed by atoms with Crippen molar-refractivity contribution in [2.75, 3.05) is 18.6 Å². The van der Waals surface area contributed by atoms with Gasteiger partial charge in [-0.05, 0) is 30.5 Å². The van der Waals surface area contributed by atoms with Crippen molar-refractivity contribution in [2.24, 2.45) is 0 Å². The number of carbonyl (C=O) groups is 2. The molecule has 1 atom stereocenters. The second-order valence-electron chi connectivity index (χ2n) is 5.91. The quantitative estimate of drug-likeness (QED) is 0.791. The van der Waals surface area contributed by atoms with Crippen LogP contribution >= 0.6 is 0 Å². The lowest BCUT2D eigenvalue weighted by molar-refractivity contribution is -0.140. The van der Waals surface area contributed by atoms with Gasteiger partial charge >= 0.3 is 5.97 Å². The molecule has 0 spiro atoms. The zero-order valence-electron chi connectivity index (χ0n) is 13.7. The van der Waals surface area contributed by atoms with Crippen LogP contribution in [0, 0.1) is 0 Å². The van der Waals surface area contributed by atoms with Crippen LogP contribution in [0.3, 0.4) is 0 Å². The standard InChI is InChI=1S/C18H21N3O3/c1-24-18(23)9-4-8-17(22)20-13-15(21-11-5-10-19-21)12-14-6-2-3-7-16(14)20/h2-3,5-7,10-11,15H,4,8-9,12-13H2,1H3/t15-/m0/s1. The molecule has 0 fully saturated rings. The van der Waals surface area contributed by atoms with Crippen LogP contribution in [0.5, 0.6) is 0 Å². The number of carbonyl (C=O) groups excluding carboxylic acids is 2. The normalized spacial score (nSPS) is 16.5. The van der Waals surface area contributed by atoms with Gasteiger partial charge in [-0.2, -0.15) is 5.10 Å². The Balaban J connectivity index is 1.75. The highest BCUT2D eigenvalue weighted by molar-refractivity contribution is 5.94. The summed E-state index contributed by atoms with van der Waals surface area (Å²) in [7, 11) is 1.36. The van der Waals surface area contributed by atoms with E-state index in [9.17, 15) is 9.59 Å². The number of rotatable bonds is 5. The van der Waals surface area contributed by atoms with Gasteiger partial charge in [0.25, 0.3) is 0 Å². The number of para-hydroxylation sites is 1. The number of fused-ring (bicyclic) bond motifs is 1. The monoisotopic (exact) mass is 327 g/mol. The lowest BCUT2D eigenvalue weighted by Crippen LogP contribution is -2.41. The molecule has 6 heteroatoms. The number of benzene rings is 1. The maximum Gasteiger partial charge on any atom is 0.305 e. The van der Waals surface area contributed by atoms with Crippen molar-refractivity contribution in [1.29, 1.82) is 0 Å². The Morgan fingerprint density at radius 1 is 1.25 bits per heavy atom. The van der Waals surface area contributed by atoms with Gasteiger partial charge in [0.15, 0.2) is 0 Å². The fourth-order valence-electron chi connectivity index (χ4n) is 3.11. The molecule has 1 aromatic heterocycles. The van der Waals surface area contributed by atoms with Crippen LogP contribution in [0.2, 0.25) is 0 Å². The van der Waals surface area contributed by atoms with E-state index in [1.165, 1.54) is 7.11 Å². The molecule has 0 saturated heterocycles. The van der Waals surface area contributed by atoms with E-state index >= 15 is 0 Å². The maximum absolute atomic E-state index is 12.7. The van der Waals surface area contributed by atoms with Crippen LogP contribution in [0.25, 0.3) is 0 Å². The van der Waals surface area contributed by atoms with Crippen LogP contribution in [0.1, 0.15) is 30.9 Å². The maximum atomic E-state index is 12.7. The van der Waals surface area contributed by atoms with Crippen LogP contribution in [-0.2, 0) is 20.7 Å². The summed E-state index contributed by atoms with van der Waals surface area (Å²) in [5.74, 6) is -0.250. The Bertz CT molecular complexity index is 712. The van der Waals surface area contributed by atoms with Crippen molar-refractivity contribution >= 4 is 17.6 Å². The van der Waals surface area contributed by atoms with E-state index < -0.39 is 0 Å². The number of esters is 1. The van der Waals surface area contributed by atoms with Crippen molar-refractivity contribution < 1.29 is 14.3 Å². The highest BCUT2D eigenvalue weighted by Crippen LogP contribution is 2.32. The lowest BCUT2D eigenvalue weighted by atomic mass is 9.97. The third kappa shape index (κ3) is 3.48. The van der Waals surface area contributed by atoms with Crippen LogP contribution in [0.4, 0.5) is 5.69 Å². The van der Waals surface area contributed by atoms with E-state index in [0.717, 1.165) is 17.7 Å². The second-order valence-corrected chi connectivity index (χ2v) is 5.91. The Kier molecular flexibility index (Phi) is 4.93. The third-order valence-electron chi connectivity index (χ3n) is 4.33. The molecular weight excluding hydrogens is 306 g/mol. The molecule has 1 amide bonds. The van der Waals surface area contributed by atoms with Gasteiger partial charge in [-0.1, -0.05) is 18.2 Å². The number of amides is 1. The molecule has 0 bridgehead atoms. The number of hydrogen-bond acceptors (Lipinski definition) is 4. The summed E-state index contributed by atoms with van der Waals surface area (Å²) in [5.41, 5.74) is 2.11. The van der Waals surface area contributed by atoms with E-state index in [-0.39, 0.29) is 24.3 Å². The Morgan fingerprint density at radius 3 is 2.83 bits per heavy atom. The molecule has 0 saturated carbocycles. The summed E-state index contributed by atoms with van der Waals surface area (Å²) >= 11 is 0. The van der Waals surface area contributed by atoms with Crippen molar-refractivity contribution in [3.63, 3.8) is 0 Å². The highest BCUT2D eigenvalue weighted by Gasteiger charge is 2.29.